The zero-order valence-corrected chi connectivity index (χ0v) is 8.08. The molecule has 76 valence electrons. The Morgan fingerprint density at radius 1 is 1.69 bits per heavy atom. The molecule has 0 spiro atoms. The largest absolute Gasteiger partial charge is 0.377 e. The van der Waals surface area contributed by atoms with Crippen molar-refractivity contribution in [1.82, 2.24) is 5.32 Å². The minimum atomic E-state index is 0.148. The van der Waals surface area contributed by atoms with E-state index in [0.29, 0.717) is 12.6 Å². The Labute approximate surface area is 78.8 Å². The van der Waals surface area contributed by atoms with E-state index in [1.807, 2.05) is 0 Å². The highest BCUT2D eigenvalue weighted by Crippen LogP contribution is 2.16. The van der Waals surface area contributed by atoms with E-state index >= 15 is 0 Å². The van der Waals surface area contributed by atoms with Crippen molar-refractivity contribution in [2.24, 2.45) is 11.7 Å². The first-order chi connectivity index (χ1) is 6.27. The number of carbonyl (C=O) groups excluding carboxylic acids is 1. The summed E-state index contributed by atoms with van der Waals surface area (Å²) in [7, 11) is 1.55. The number of hydrogen-bond donors (Lipinski definition) is 2. The molecule has 1 heterocycles. The molecule has 1 aliphatic rings. The molecule has 4 heteroatoms. The van der Waals surface area contributed by atoms with Gasteiger partial charge in [-0.25, -0.2) is 0 Å². The summed E-state index contributed by atoms with van der Waals surface area (Å²) in [5.74, 6) is 0.359. The van der Waals surface area contributed by atoms with Gasteiger partial charge in [0.25, 0.3) is 0 Å². The van der Waals surface area contributed by atoms with Crippen molar-refractivity contribution in [1.29, 1.82) is 0 Å². The van der Waals surface area contributed by atoms with Crippen LogP contribution in [0.3, 0.4) is 0 Å². The summed E-state index contributed by atoms with van der Waals surface area (Å²) in [6.07, 6.45) is 1.78. The summed E-state index contributed by atoms with van der Waals surface area (Å²) in [4.78, 5) is 11.5. The number of methoxy groups -OCH3 is 1. The van der Waals surface area contributed by atoms with Gasteiger partial charge in [0.2, 0.25) is 0 Å². The monoisotopic (exact) mass is 186 g/mol. The van der Waals surface area contributed by atoms with Gasteiger partial charge in [0.15, 0.2) is 5.78 Å². The maximum Gasteiger partial charge on any atom is 0.161 e. The number of hydrogen-bond acceptors (Lipinski definition) is 4. The summed E-state index contributed by atoms with van der Waals surface area (Å²) in [6.45, 7) is 1.74. The second-order valence-corrected chi connectivity index (χ2v) is 3.51. The van der Waals surface area contributed by atoms with Crippen LogP contribution in [0.5, 0.6) is 0 Å². The first-order valence-electron chi connectivity index (χ1n) is 4.73. The molecular weight excluding hydrogens is 168 g/mol. The minimum Gasteiger partial charge on any atom is -0.377 e. The van der Waals surface area contributed by atoms with Crippen molar-refractivity contribution >= 4 is 5.78 Å². The zero-order valence-electron chi connectivity index (χ0n) is 8.08. The predicted octanol–water partition coefficient (Wildman–Crippen LogP) is -0.471. The summed E-state index contributed by atoms with van der Waals surface area (Å²) < 4.78 is 4.82. The predicted molar refractivity (Wildman–Crippen MR) is 50.5 cm³/mol. The summed E-state index contributed by atoms with van der Waals surface area (Å²) in [6, 6.07) is 0.305. The normalized spacial score (nSPS) is 28.8. The van der Waals surface area contributed by atoms with Crippen molar-refractivity contribution in [3.8, 4) is 0 Å². The van der Waals surface area contributed by atoms with Crippen LogP contribution in [-0.2, 0) is 9.53 Å². The van der Waals surface area contributed by atoms with Crippen LogP contribution in [0, 0.1) is 5.92 Å². The third-order valence-corrected chi connectivity index (χ3v) is 2.52. The standard InChI is InChI=1S/C9H18N2O2/c1-13-6-9(12)7-2-3-11-8(4-7)5-10/h7-8,11H,2-6,10H2,1H3. The second kappa shape index (κ2) is 5.32. The fourth-order valence-electron chi connectivity index (χ4n) is 1.74. The molecule has 2 unspecified atom stereocenters. The van der Waals surface area contributed by atoms with Crippen LogP contribution in [0.1, 0.15) is 12.8 Å². The van der Waals surface area contributed by atoms with Crippen molar-refractivity contribution in [2.75, 3.05) is 26.8 Å². The number of piperidine rings is 1. The Balaban J connectivity index is 2.37. The van der Waals surface area contributed by atoms with Gasteiger partial charge in [-0.1, -0.05) is 0 Å². The molecule has 0 bridgehead atoms. The highest BCUT2D eigenvalue weighted by Gasteiger charge is 2.25. The number of carbonyl (C=O) groups is 1. The number of nitrogens with two attached hydrogens (primary N) is 1. The first-order valence-corrected chi connectivity index (χ1v) is 4.73. The number of ether oxygens (including phenoxy) is 1. The van der Waals surface area contributed by atoms with Gasteiger partial charge in [0, 0.05) is 25.6 Å². The third kappa shape index (κ3) is 3.06. The lowest BCUT2D eigenvalue weighted by atomic mass is 9.89. The van der Waals surface area contributed by atoms with Crippen molar-refractivity contribution in [3.05, 3.63) is 0 Å². The fourth-order valence-corrected chi connectivity index (χ4v) is 1.74. The lowest BCUT2D eigenvalue weighted by molar-refractivity contribution is -0.127. The maximum absolute atomic E-state index is 11.5. The van der Waals surface area contributed by atoms with Crippen LogP contribution in [-0.4, -0.2) is 38.6 Å². The SMILES string of the molecule is COCC(=O)C1CCNC(CN)C1. The molecule has 4 nitrogen and oxygen atoms in total. The lowest BCUT2D eigenvalue weighted by Crippen LogP contribution is -2.45. The van der Waals surface area contributed by atoms with Crippen LogP contribution >= 0.6 is 0 Å². The molecule has 0 aromatic rings. The first kappa shape index (κ1) is 10.6. The number of ketones is 1. The molecule has 0 saturated carbocycles. The molecule has 0 amide bonds. The molecule has 0 radical (unpaired) electrons. The van der Waals surface area contributed by atoms with E-state index in [4.69, 9.17) is 10.5 Å². The number of rotatable bonds is 4. The molecule has 13 heavy (non-hydrogen) atoms. The molecule has 1 rings (SSSR count). The summed E-state index contributed by atoms with van der Waals surface area (Å²) in [5, 5.41) is 3.28. The highest BCUT2D eigenvalue weighted by atomic mass is 16.5. The van der Waals surface area contributed by atoms with Gasteiger partial charge in [-0.15, -0.1) is 0 Å². The molecule has 0 aromatic heterocycles. The fraction of sp³-hybridized carbons (Fsp3) is 0.889. The van der Waals surface area contributed by atoms with E-state index in [-0.39, 0.29) is 18.3 Å². The van der Waals surface area contributed by atoms with E-state index in [1.165, 1.54) is 0 Å². The van der Waals surface area contributed by atoms with Gasteiger partial charge in [0.1, 0.15) is 6.61 Å². The van der Waals surface area contributed by atoms with Crippen LogP contribution in [0.25, 0.3) is 0 Å². The zero-order chi connectivity index (χ0) is 9.68. The van der Waals surface area contributed by atoms with E-state index in [0.717, 1.165) is 19.4 Å². The van der Waals surface area contributed by atoms with Crippen molar-refractivity contribution in [3.63, 3.8) is 0 Å². The van der Waals surface area contributed by atoms with Crippen LogP contribution < -0.4 is 11.1 Å². The van der Waals surface area contributed by atoms with E-state index in [1.54, 1.807) is 7.11 Å². The molecule has 1 aliphatic heterocycles. The Kier molecular flexibility index (Phi) is 4.35. The molecule has 2 atom stereocenters. The molecule has 0 aromatic carbocycles. The Hall–Kier alpha value is -0.450. The van der Waals surface area contributed by atoms with Crippen molar-refractivity contribution in [2.45, 2.75) is 18.9 Å². The smallest absolute Gasteiger partial charge is 0.161 e. The number of nitrogens with one attached hydrogen (secondary N) is 1. The summed E-state index contributed by atoms with van der Waals surface area (Å²) >= 11 is 0. The molecule has 1 saturated heterocycles. The highest BCUT2D eigenvalue weighted by molar-refractivity contribution is 5.82. The third-order valence-electron chi connectivity index (χ3n) is 2.52. The van der Waals surface area contributed by atoms with Crippen LogP contribution in [0.2, 0.25) is 0 Å². The topological polar surface area (TPSA) is 64.3 Å². The maximum atomic E-state index is 11.5. The lowest BCUT2D eigenvalue weighted by Gasteiger charge is -2.28. The van der Waals surface area contributed by atoms with Gasteiger partial charge in [0.05, 0.1) is 0 Å². The molecule has 3 N–H and O–H groups in total. The second-order valence-electron chi connectivity index (χ2n) is 3.51. The van der Waals surface area contributed by atoms with Crippen molar-refractivity contribution < 1.29 is 9.53 Å². The van der Waals surface area contributed by atoms with Crippen LogP contribution in [0.4, 0.5) is 0 Å². The Bertz CT molecular complexity index is 173. The minimum absolute atomic E-state index is 0.148. The van der Waals surface area contributed by atoms with E-state index in [9.17, 15) is 4.79 Å². The van der Waals surface area contributed by atoms with Crippen LogP contribution in [0.15, 0.2) is 0 Å². The van der Waals surface area contributed by atoms with E-state index in [2.05, 4.69) is 5.32 Å². The number of Topliss-reactive ketones (excluding diaryl/α,β-unsaturated/α-hetero) is 1. The van der Waals surface area contributed by atoms with E-state index < -0.39 is 0 Å². The molecule has 0 aliphatic carbocycles. The Morgan fingerprint density at radius 2 is 2.46 bits per heavy atom. The Morgan fingerprint density at radius 3 is 3.08 bits per heavy atom. The van der Waals surface area contributed by atoms with Gasteiger partial charge in [-0.3, -0.25) is 4.79 Å². The van der Waals surface area contributed by atoms with Gasteiger partial charge >= 0.3 is 0 Å². The van der Waals surface area contributed by atoms with Gasteiger partial charge < -0.3 is 15.8 Å². The molecular formula is C9H18N2O2. The quantitative estimate of drug-likeness (QED) is 0.623. The summed E-state index contributed by atoms with van der Waals surface area (Å²) in [5.41, 5.74) is 5.53. The average Bonchev–Trinajstić information content (AvgIpc) is 2.18. The average molecular weight is 186 g/mol. The molecule has 1 fully saturated rings. The van der Waals surface area contributed by atoms with Gasteiger partial charge in [-0.05, 0) is 19.4 Å². The van der Waals surface area contributed by atoms with Gasteiger partial charge in [-0.2, -0.15) is 0 Å².